The molecule has 1 aromatic rings. The molecule has 31 valence electrons. The molecule has 0 saturated carbocycles. The maximum absolute atomic E-state index is 5.25. The van der Waals surface area contributed by atoms with Crippen LogP contribution >= 0.6 is 11.8 Å². The molecule has 0 atom stereocenters. The third-order valence-corrected chi connectivity index (χ3v) is 0.614. The molecule has 1 rings (SSSR count). The van der Waals surface area contributed by atoms with Crippen LogP contribution in [0.1, 0.15) is 0 Å². The average Bonchev–Trinajstić information content (AvgIpc) is 1.86. The van der Waals surface area contributed by atoms with E-state index in [0.717, 1.165) is 0 Å². The maximum Gasteiger partial charge on any atom is 0.192 e. The lowest BCUT2D eigenvalue weighted by Gasteiger charge is -1.69. The summed E-state index contributed by atoms with van der Waals surface area (Å²) in [6.45, 7) is 0. The molecule has 0 aromatic carbocycles. The van der Waals surface area contributed by atoms with Gasteiger partial charge in [0.25, 0.3) is 0 Å². The van der Waals surface area contributed by atoms with E-state index in [4.69, 9.17) is 11.8 Å². The van der Waals surface area contributed by atoms with Crippen LogP contribution in [0, 0.1) is 6.33 Å². The molecule has 0 spiro atoms. The zero-order valence-corrected chi connectivity index (χ0v) is 3.68. The summed E-state index contributed by atoms with van der Waals surface area (Å²) in [6.07, 6.45) is 5.59. The van der Waals surface area contributed by atoms with Crippen molar-refractivity contribution in [1.82, 2.24) is 9.07 Å². The fourth-order valence-corrected chi connectivity index (χ4v) is 0.308. The van der Waals surface area contributed by atoms with Gasteiger partial charge in [0.15, 0.2) is 6.33 Å². The number of halogens is 1. The van der Waals surface area contributed by atoms with E-state index < -0.39 is 0 Å². The topological polar surface area (TPSA) is 17.8 Å². The van der Waals surface area contributed by atoms with Crippen molar-refractivity contribution in [3.63, 3.8) is 0 Å². The van der Waals surface area contributed by atoms with Crippen molar-refractivity contribution >= 4 is 11.8 Å². The lowest BCUT2D eigenvalue weighted by molar-refractivity contribution is 1.19. The van der Waals surface area contributed by atoms with Crippen LogP contribution in [0.2, 0.25) is 0 Å². The second-order valence-corrected chi connectivity index (χ2v) is 1.20. The molecule has 6 heavy (non-hydrogen) atoms. The molecule has 0 fully saturated rings. The number of hydrogen-bond acceptors (Lipinski definition) is 1. The fraction of sp³-hybridized carbons (Fsp3) is 0. The van der Waals surface area contributed by atoms with Gasteiger partial charge in [-0.05, 0) is 0 Å². The molecule has 1 radical (unpaired) electrons. The Morgan fingerprint density at radius 1 is 1.83 bits per heavy atom. The Labute approximate surface area is 40.5 Å². The zero-order chi connectivity index (χ0) is 4.41. The Balaban J connectivity index is 3.05. The average molecular weight is 102 g/mol. The van der Waals surface area contributed by atoms with Gasteiger partial charge in [-0.3, -0.25) is 0 Å². The van der Waals surface area contributed by atoms with Crippen molar-refractivity contribution in [3.05, 3.63) is 18.7 Å². The SMILES string of the molecule is Cln1[c]ncc1. The Bertz CT molecular complexity index is 112. The Morgan fingerprint density at radius 3 is 2.83 bits per heavy atom. The van der Waals surface area contributed by atoms with Crippen LogP contribution in [0.3, 0.4) is 0 Å². The highest BCUT2D eigenvalue weighted by Crippen LogP contribution is 1.82. The van der Waals surface area contributed by atoms with Crippen molar-refractivity contribution in [3.8, 4) is 0 Å². The number of nitrogens with zero attached hydrogens (tertiary/aromatic N) is 2. The smallest absolute Gasteiger partial charge is 0.192 e. The highest BCUT2D eigenvalue weighted by Gasteiger charge is 1.74. The minimum absolute atomic E-state index is 1.24. The van der Waals surface area contributed by atoms with Gasteiger partial charge < -0.3 is 0 Å². The van der Waals surface area contributed by atoms with Gasteiger partial charge in [0.2, 0.25) is 0 Å². The first-order chi connectivity index (χ1) is 2.89. The summed E-state index contributed by atoms with van der Waals surface area (Å²) in [4.78, 5) is 3.53. The molecule has 3 heteroatoms. The molecule has 2 nitrogen and oxygen atoms in total. The van der Waals surface area contributed by atoms with E-state index in [1.165, 1.54) is 4.09 Å². The van der Waals surface area contributed by atoms with Crippen LogP contribution in [0.25, 0.3) is 0 Å². The maximum atomic E-state index is 5.25. The van der Waals surface area contributed by atoms with Crippen LogP contribution in [-0.4, -0.2) is 9.07 Å². The molecule has 0 N–H and O–H groups in total. The first-order valence-corrected chi connectivity index (χ1v) is 1.80. The van der Waals surface area contributed by atoms with Crippen molar-refractivity contribution in [2.45, 2.75) is 0 Å². The van der Waals surface area contributed by atoms with Crippen molar-refractivity contribution < 1.29 is 0 Å². The van der Waals surface area contributed by atoms with Crippen molar-refractivity contribution in [1.29, 1.82) is 0 Å². The summed E-state index contributed by atoms with van der Waals surface area (Å²) in [5.74, 6) is 0. The van der Waals surface area contributed by atoms with Crippen LogP contribution in [0.15, 0.2) is 12.4 Å². The van der Waals surface area contributed by atoms with E-state index in [-0.39, 0.29) is 0 Å². The summed E-state index contributed by atoms with van der Waals surface area (Å²) in [7, 11) is 0. The molecule has 0 aliphatic carbocycles. The minimum atomic E-state index is 1.24. The van der Waals surface area contributed by atoms with Crippen LogP contribution in [0.5, 0.6) is 0 Å². The monoisotopic (exact) mass is 101 g/mol. The molecule has 0 amide bonds. The van der Waals surface area contributed by atoms with E-state index in [2.05, 4.69) is 11.3 Å². The van der Waals surface area contributed by atoms with Crippen LogP contribution < -0.4 is 0 Å². The number of hydrogen-bond donors (Lipinski definition) is 0. The Morgan fingerprint density at radius 2 is 2.67 bits per heavy atom. The summed E-state index contributed by atoms with van der Waals surface area (Å²) < 4.78 is 1.24. The third kappa shape index (κ3) is 0.518. The van der Waals surface area contributed by atoms with Crippen LogP contribution in [0.4, 0.5) is 0 Å². The Kier molecular flexibility index (Phi) is 0.801. The van der Waals surface area contributed by atoms with Gasteiger partial charge in [-0.2, -0.15) is 0 Å². The normalized spacial score (nSPS) is 8.83. The molecule has 1 heterocycles. The van der Waals surface area contributed by atoms with Gasteiger partial charge >= 0.3 is 0 Å². The van der Waals surface area contributed by atoms with E-state index in [1.54, 1.807) is 12.4 Å². The summed E-state index contributed by atoms with van der Waals surface area (Å²) in [5.41, 5.74) is 0. The molecular formula is C3H2ClN2. The van der Waals surface area contributed by atoms with Crippen LogP contribution in [-0.2, 0) is 0 Å². The van der Waals surface area contributed by atoms with E-state index >= 15 is 0 Å². The van der Waals surface area contributed by atoms with Gasteiger partial charge in [0.1, 0.15) is 0 Å². The quantitative estimate of drug-likeness (QED) is 0.470. The molecule has 0 bridgehead atoms. The second kappa shape index (κ2) is 1.30. The highest BCUT2D eigenvalue weighted by molar-refractivity contribution is 6.15. The third-order valence-electron chi connectivity index (χ3n) is 0.425. The lowest BCUT2D eigenvalue weighted by atomic mass is 11.0. The van der Waals surface area contributed by atoms with Gasteiger partial charge in [-0.25, -0.2) is 9.07 Å². The van der Waals surface area contributed by atoms with E-state index in [9.17, 15) is 0 Å². The highest BCUT2D eigenvalue weighted by atomic mass is 35.5. The predicted molar refractivity (Wildman–Crippen MR) is 22.3 cm³/mol. The standard InChI is InChI=1S/C3H2ClN2/c4-6-2-1-5-3-6/h1-2H. The molecular weight excluding hydrogens is 99.5 g/mol. The molecule has 0 unspecified atom stereocenters. The number of imidazole rings is 1. The molecule has 0 aliphatic heterocycles. The Hall–Kier alpha value is -0.500. The summed E-state index contributed by atoms with van der Waals surface area (Å²) in [5, 5.41) is 0. The van der Waals surface area contributed by atoms with Gasteiger partial charge in [-0.1, -0.05) is 0 Å². The minimum Gasteiger partial charge on any atom is -0.239 e. The second-order valence-electron chi connectivity index (χ2n) is 0.838. The summed E-state index contributed by atoms with van der Waals surface area (Å²) in [6, 6.07) is 0. The molecule has 0 aliphatic rings. The largest absolute Gasteiger partial charge is 0.239 e. The number of rotatable bonds is 0. The van der Waals surface area contributed by atoms with E-state index in [0.29, 0.717) is 0 Å². The first-order valence-electron chi connectivity index (χ1n) is 1.47. The zero-order valence-electron chi connectivity index (χ0n) is 2.93. The van der Waals surface area contributed by atoms with Gasteiger partial charge in [0.05, 0.1) is 0 Å². The predicted octanol–water partition coefficient (Wildman–Crippen LogP) is 0.685. The number of aromatic nitrogens is 2. The van der Waals surface area contributed by atoms with Gasteiger partial charge in [-0.15, -0.1) is 0 Å². The molecule has 1 aromatic heterocycles. The van der Waals surface area contributed by atoms with Gasteiger partial charge in [0, 0.05) is 24.2 Å². The molecule has 0 saturated heterocycles. The fourth-order valence-electron chi connectivity index (χ4n) is 0.214. The first kappa shape index (κ1) is 3.68. The van der Waals surface area contributed by atoms with Crippen molar-refractivity contribution in [2.24, 2.45) is 0 Å². The summed E-state index contributed by atoms with van der Waals surface area (Å²) >= 11 is 5.25. The van der Waals surface area contributed by atoms with E-state index in [1.807, 2.05) is 0 Å². The lowest BCUT2D eigenvalue weighted by Crippen LogP contribution is -1.66. The van der Waals surface area contributed by atoms with Crippen molar-refractivity contribution in [2.75, 3.05) is 0 Å².